The predicted octanol–water partition coefficient (Wildman–Crippen LogP) is 5.11. The number of aromatic nitrogens is 2. The summed E-state index contributed by atoms with van der Waals surface area (Å²) in [6, 6.07) is 18.9. The zero-order chi connectivity index (χ0) is 27.2. The average Bonchev–Trinajstić information content (AvgIpc) is 3.70. The molecule has 0 aliphatic carbocycles. The van der Waals surface area contributed by atoms with Crippen LogP contribution in [0.25, 0.3) is 0 Å². The summed E-state index contributed by atoms with van der Waals surface area (Å²) < 4.78 is 35.3. The lowest BCUT2D eigenvalue weighted by Crippen LogP contribution is -2.15. The van der Waals surface area contributed by atoms with E-state index in [1.165, 1.54) is 0 Å². The van der Waals surface area contributed by atoms with E-state index in [4.69, 9.17) is 28.4 Å². The Labute approximate surface area is 232 Å². The molecule has 5 rings (SSSR count). The molecule has 3 heterocycles. The molecule has 4 aromatic rings. The highest BCUT2D eigenvalue weighted by molar-refractivity contribution is 5.80. The van der Waals surface area contributed by atoms with Crippen molar-refractivity contribution in [1.82, 2.24) is 9.97 Å². The molecule has 0 radical (unpaired) electrons. The van der Waals surface area contributed by atoms with Gasteiger partial charge in [-0.05, 0) is 48.5 Å². The quantitative estimate of drug-likeness (QED) is 0.346. The number of rotatable bonds is 4. The van der Waals surface area contributed by atoms with Gasteiger partial charge in [-0.2, -0.15) is 0 Å². The van der Waals surface area contributed by atoms with Crippen LogP contribution in [0, 0.1) is 0 Å². The second-order valence-electron chi connectivity index (χ2n) is 8.65. The molecule has 0 spiro atoms. The highest BCUT2D eigenvalue weighted by atomic mass is 16.6. The lowest BCUT2D eigenvalue weighted by molar-refractivity contribution is 0.0640. The Morgan fingerprint density at radius 3 is 1.32 bits per heavy atom. The molecule has 208 valence electrons. The smallest absolute Gasteiger partial charge is 0.163 e. The van der Waals surface area contributed by atoms with Gasteiger partial charge in [0.1, 0.15) is 26.4 Å². The standard InChI is InChI=1S/C30H32N4O6/c1-3-25(31-9-1)21-33-23-5-7-27-29(19-23)39-17-13-35-12-16-38-28-8-6-24(34-22-26-4-2-10-32-26)20-30(28)40-18-14-36-11-15-37-27/h1-10,19-22,31-32H,11-18H2. The third-order valence-electron chi connectivity index (χ3n) is 5.74. The van der Waals surface area contributed by atoms with Gasteiger partial charge in [0.25, 0.3) is 0 Å². The Morgan fingerprint density at radius 1 is 0.500 bits per heavy atom. The normalized spacial score (nSPS) is 15.6. The van der Waals surface area contributed by atoms with Gasteiger partial charge in [0.15, 0.2) is 23.0 Å². The fraction of sp³-hybridized carbons (Fsp3) is 0.267. The SMILES string of the molecule is C(=Nc1ccc2c(c1)OCCOCCOc1ccc(N=Cc3ccc[nH]3)cc1OCCOCCO2)c1ccc[nH]1. The molecule has 0 bridgehead atoms. The predicted molar refractivity (Wildman–Crippen MR) is 153 cm³/mol. The number of aliphatic imine (C=N–C) groups is 2. The maximum Gasteiger partial charge on any atom is 0.163 e. The minimum absolute atomic E-state index is 0.346. The second kappa shape index (κ2) is 14.6. The fourth-order valence-electron chi connectivity index (χ4n) is 3.80. The summed E-state index contributed by atoms with van der Waals surface area (Å²) >= 11 is 0. The maximum atomic E-state index is 5.98. The van der Waals surface area contributed by atoms with Crippen molar-refractivity contribution in [2.24, 2.45) is 9.98 Å². The maximum absolute atomic E-state index is 5.98. The summed E-state index contributed by atoms with van der Waals surface area (Å²) in [6.45, 7) is 2.96. The van der Waals surface area contributed by atoms with Crippen molar-refractivity contribution < 1.29 is 28.4 Å². The Hall–Kier alpha value is -4.54. The van der Waals surface area contributed by atoms with Crippen LogP contribution in [0.3, 0.4) is 0 Å². The van der Waals surface area contributed by atoms with Gasteiger partial charge < -0.3 is 38.4 Å². The van der Waals surface area contributed by atoms with Gasteiger partial charge >= 0.3 is 0 Å². The monoisotopic (exact) mass is 544 g/mol. The van der Waals surface area contributed by atoms with E-state index in [2.05, 4.69) is 20.0 Å². The molecule has 0 saturated heterocycles. The number of nitrogens with one attached hydrogen (secondary N) is 2. The van der Waals surface area contributed by atoms with E-state index < -0.39 is 0 Å². The van der Waals surface area contributed by atoms with Crippen molar-refractivity contribution in [2.75, 3.05) is 52.9 Å². The van der Waals surface area contributed by atoms with Crippen LogP contribution in [0.5, 0.6) is 23.0 Å². The minimum atomic E-state index is 0.346. The molecular formula is C30H32N4O6. The van der Waals surface area contributed by atoms with E-state index in [1.54, 1.807) is 12.4 Å². The summed E-state index contributed by atoms with van der Waals surface area (Å²) in [5, 5.41) is 0. The van der Waals surface area contributed by atoms with E-state index in [1.807, 2.05) is 73.1 Å². The topological polar surface area (TPSA) is 112 Å². The second-order valence-corrected chi connectivity index (χ2v) is 8.65. The van der Waals surface area contributed by atoms with Gasteiger partial charge in [0.2, 0.25) is 0 Å². The van der Waals surface area contributed by atoms with Crippen molar-refractivity contribution in [1.29, 1.82) is 0 Å². The molecule has 2 N–H and O–H groups in total. The first-order valence-electron chi connectivity index (χ1n) is 13.1. The fourth-order valence-corrected chi connectivity index (χ4v) is 3.80. The van der Waals surface area contributed by atoms with Gasteiger partial charge in [0.05, 0.1) is 61.6 Å². The molecule has 40 heavy (non-hydrogen) atoms. The first kappa shape index (κ1) is 27.0. The lowest BCUT2D eigenvalue weighted by Gasteiger charge is -2.16. The zero-order valence-electron chi connectivity index (χ0n) is 22.1. The Balaban J connectivity index is 1.19. The van der Waals surface area contributed by atoms with Crippen LogP contribution >= 0.6 is 0 Å². The van der Waals surface area contributed by atoms with Gasteiger partial charge in [0, 0.05) is 24.5 Å². The molecule has 10 nitrogen and oxygen atoms in total. The third-order valence-corrected chi connectivity index (χ3v) is 5.74. The van der Waals surface area contributed by atoms with Crippen LogP contribution in [0.1, 0.15) is 11.4 Å². The van der Waals surface area contributed by atoms with Gasteiger partial charge in [-0.15, -0.1) is 0 Å². The van der Waals surface area contributed by atoms with E-state index in [9.17, 15) is 0 Å². The Kier molecular flexibility index (Phi) is 9.85. The van der Waals surface area contributed by atoms with Gasteiger partial charge in [-0.1, -0.05) is 0 Å². The zero-order valence-corrected chi connectivity index (χ0v) is 22.1. The van der Waals surface area contributed by atoms with E-state index in [-0.39, 0.29) is 0 Å². The number of aromatic amines is 2. The van der Waals surface area contributed by atoms with Crippen molar-refractivity contribution in [3.05, 3.63) is 84.4 Å². The minimum Gasteiger partial charge on any atom is -0.487 e. The largest absolute Gasteiger partial charge is 0.487 e. The van der Waals surface area contributed by atoms with Crippen LogP contribution in [-0.4, -0.2) is 75.3 Å². The third kappa shape index (κ3) is 8.23. The van der Waals surface area contributed by atoms with Crippen LogP contribution in [0.4, 0.5) is 11.4 Å². The van der Waals surface area contributed by atoms with E-state index in [0.717, 1.165) is 22.8 Å². The first-order valence-corrected chi connectivity index (χ1v) is 13.1. The number of fused-ring (bicyclic) bond motifs is 2. The van der Waals surface area contributed by atoms with E-state index in [0.29, 0.717) is 75.9 Å². The summed E-state index contributed by atoms with van der Waals surface area (Å²) in [4.78, 5) is 15.2. The van der Waals surface area contributed by atoms with Crippen LogP contribution in [-0.2, 0) is 9.47 Å². The van der Waals surface area contributed by atoms with Crippen molar-refractivity contribution in [3.63, 3.8) is 0 Å². The summed E-state index contributed by atoms with van der Waals surface area (Å²) in [5.74, 6) is 2.41. The van der Waals surface area contributed by atoms with E-state index >= 15 is 0 Å². The summed E-state index contributed by atoms with van der Waals surface area (Å²) in [6.07, 6.45) is 7.23. The van der Waals surface area contributed by atoms with Crippen molar-refractivity contribution in [2.45, 2.75) is 0 Å². The van der Waals surface area contributed by atoms with Crippen molar-refractivity contribution >= 4 is 23.8 Å². The molecule has 0 amide bonds. The first-order chi connectivity index (χ1) is 19.8. The number of hydrogen-bond acceptors (Lipinski definition) is 8. The number of ether oxygens (including phenoxy) is 6. The highest BCUT2D eigenvalue weighted by Gasteiger charge is 2.10. The number of nitrogens with zero attached hydrogens (tertiary/aromatic N) is 2. The lowest BCUT2D eigenvalue weighted by atomic mass is 10.2. The van der Waals surface area contributed by atoms with Gasteiger partial charge in [-0.3, -0.25) is 9.98 Å². The Bertz CT molecular complexity index is 1260. The molecule has 2 aromatic carbocycles. The molecule has 0 fully saturated rings. The summed E-state index contributed by atoms with van der Waals surface area (Å²) in [5.41, 5.74) is 3.32. The Morgan fingerprint density at radius 2 is 0.925 bits per heavy atom. The number of benzene rings is 2. The van der Waals surface area contributed by atoms with Crippen LogP contribution < -0.4 is 18.9 Å². The summed E-state index contributed by atoms with van der Waals surface area (Å²) in [7, 11) is 0. The van der Waals surface area contributed by atoms with Gasteiger partial charge in [-0.25, -0.2) is 0 Å². The molecule has 0 unspecified atom stereocenters. The van der Waals surface area contributed by atoms with Crippen LogP contribution in [0.15, 0.2) is 83.0 Å². The molecular weight excluding hydrogens is 512 g/mol. The highest BCUT2D eigenvalue weighted by Crippen LogP contribution is 2.33. The molecule has 1 aliphatic rings. The molecule has 0 atom stereocenters. The van der Waals surface area contributed by atoms with Crippen molar-refractivity contribution in [3.8, 4) is 23.0 Å². The average molecular weight is 545 g/mol. The van der Waals surface area contributed by atoms with Crippen LogP contribution in [0.2, 0.25) is 0 Å². The number of hydrogen-bond donors (Lipinski definition) is 2. The molecule has 10 heteroatoms. The molecule has 2 aromatic heterocycles. The molecule has 0 saturated carbocycles. The number of H-pyrrole nitrogens is 2. The molecule has 1 aliphatic heterocycles.